The summed E-state index contributed by atoms with van der Waals surface area (Å²) in [4.78, 5) is 32.2. The van der Waals surface area contributed by atoms with Crippen molar-refractivity contribution < 1.29 is 13.9 Å². The smallest absolute Gasteiger partial charge is 0.290 e. The molecule has 138 valence electrons. The third kappa shape index (κ3) is 2.73. The Morgan fingerprint density at radius 3 is 2.70 bits per heavy atom. The Kier molecular flexibility index (Phi) is 4.28. The molecular formula is C21H20N2O4. The van der Waals surface area contributed by atoms with Crippen LogP contribution in [-0.2, 0) is 4.74 Å². The van der Waals surface area contributed by atoms with Crippen LogP contribution in [0.25, 0.3) is 11.0 Å². The third-order valence-electron chi connectivity index (χ3n) is 5.12. The normalized spacial score (nSPS) is 16.2. The van der Waals surface area contributed by atoms with Gasteiger partial charge in [0.2, 0.25) is 5.76 Å². The molecule has 0 fully saturated rings. The van der Waals surface area contributed by atoms with Gasteiger partial charge in [0.15, 0.2) is 5.43 Å². The molecule has 1 aliphatic rings. The van der Waals surface area contributed by atoms with Crippen LogP contribution in [0.15, 0.2) is 45.9 Å². The van der Waals surface area contributed by atoms with Gasteiger partial charge in [-0.3, -0.25) is 14.6 Å². The Hall–Kier alpha value is -2.99. The molecule has 1 aromatic carbocycles. The lowest BCUT2D eigenvalue weighted by Crippen LogP contribution is -2.32. The molecule has 2 aromatic heterocycles. The number of carbonyl (C=O) groups excluding carboxylic acids is 1. The zero-order valence-corrected chi connectivity index (χ0v) is 15.5. The van der Waals surface area contributed by atoms with E-state index in [4.69, 9.17) is 9.15 Å². The molecule has 27 heavy (non-hydrogen) atoms. The zero-order chi connectivity index (χ0) is 19.1. The molecule has 0 aliphatic carbocycles. The second-order valence-electron chi connectivity index (χ2n) is 6.79. The molecule has 1 amide bonds. The molecule has 0 N–H and O–H groups in total. The van der Waals surface area contributed by atoms with Crippen molar-refractivity contribution in [3.8, 4) is 0 Å². The SMILES string of the molecule is COCCN1C(=O)c2oc3cc(C)c(C)cc3c(=O)c2C1c1cccnc1. The molecule has 1 aliphatic heterocycles. The maximum absolute atomic E-state index is 13.3. The number of benzene rings is 1. The molecule has 1 unspecified atom stereocenters. The van der Waals surface area contributed by atoms with E-state index in [0.717, 1.165) is 16.7 Å². The lowest BCUT2D eigenvalue weighted by molar-refractivity contribution is 0.0663. The topological polar surface area (TPSA) is 72.6 Å². The number of pyridine rings is 1. The summed E-state index contributed by atoms with van der Waals surface area (Å²) in [6.45, 7) is 4.62. The fourth-order valence-corrected chi connectivity index (χ4v) is 3.58. The second-order valence-corrected chi connectivity index (χ2v) is 6.79. The summed E-state index contributed by atoms with van der Waals surface area (Å²) >= 11 is 0. The highest BCUT2D eigenvalue weighted by molar-refractivity contribution is 5.99. The van der Waals surface area contributed by atoms with Gasteiger partial charge < -0.3 is 14.1 Å². The van der Waals surface area contributed by atoms with Gasteiger partial charge in [0.25, 0.3) is 5.91 Å². The van der Waals surface area contributed by atoms with Crippen molar-refractivity contribution in [2.45, 2.75) is 19.9 Å². The van der Waals surface area contributed by atoms with Crippen molar-refractivity contribution in [3.05, 3.63) is 74.9 Å². The number of amides is 1. The van der Waals surface area contributed by atoms with Crippen LogP contribution in [-0.4, -0.2) is 36.1 Å². The van der Waals surface area contributed by atoms with Crippen LogP contribution < -0.4 is 5.43 Å². The van der Waals surface area contributed by atoms with Gasteiger partial charge in [0.1, 0.15) is 5.58 Å². The highest BCUT2D eigenvalue weighted by atomic mass is 16.5. The van der Waals surface area contributed by atoms with Crippen molar-refractivity contribution in [1.82, 2.24) is 9.88 Å². The summed E-state index contributed by atoms with van der Waals surface area (Å²) < 4.78 is 11.1. The van der Waals surface area contributed by atoms with Gasteiger partial charge in [-0.1, -0.05) is 6.07 Å². The fraction of sp³-hybridized carbons (Fsp3) is 0.286. The molecule has 4 rings (SSSR count). The summed E-state index contributed by atoms with van der Waals surface area (Å²) in [5.41, 5.74) is 3.44. The minimum Gasteiger partial charge on any atom is -0.450 e. The van der Waals surface area contributed by atoms with Crippen LogP contribution in [0.3, 0.4) is 0 Å². The predicted octanol–water partition coefficient (Wildman–Crippen LogP) is 3.00. The number of fused-ring (bicyclic) bond motifs is 2. The van der Waals surface area contributed by atoms with Gasteiger partial charge >= 0.3 is 0 Å². The molecule has 0 saturated carbocycles. The largest absolute Gasteiger partial charge is 0.450 e. The average molecular weight is 364 g/mol. The molecule has 0 radical (unpaired) electrons. The maximum Gasteiger partial charge on any atom is 0.290 e. The van der Waals surface area contributed by atoms with Crippen LogP contribution in [0.1, 0.15) is 38.9 Å². The summed E-state index contributed by atoms with van der Waals surface area (Å²) in [5, 5.41) is 0.493. The number of nitrogens with zero attached hydrogens (tertiary/aromatic N) is 2. The number of hydrogen-bond acceptors (Lipinski definition) is 5. The first kappa shape index (κ1) is 17.4. The molecule has 0 bridgehead atoms. The van der Waals surface area contributed by atoms with Gasteiger partial charge in [-0.05, 0) is 48.7 Å². The summed E-state index contributed by atoms with van der Waals surface area (Å²) in [6.07, 6.45) is 3.34. The van der Waals surface area contributed by atoms with Crippen molar-refractivity contribution in [2.75, 3.05) is 20.3 Å². The van der Waals surface area contributed by atoms with Crippen LogP contribution in [0.4, 0.5) is 0 Å². The first-order valence-electron chi connectivity index (χ1n) is 8.80. The highest BCUT2D eigenvalue weighted by Gasteiger charge is 2.42. The molecule has 3 aromatic rings. The fourth-order valence-electron chi connectivity index (χ4n) is 3.58. The minimum atomic E-state index is -0.529. The Labute approximate surface area is 156 Å². The Balaban J connectivity index is 1.99. The van der Waals surface area contributed by atoms with E-state index >= 15 is 0 Å². The van der Waals surface area contributed by atoms with Gasteiger partial charge in [0, 0.05) is 26.0 Å². The first-order chi connectivity index (χ1) is 13.0. The van der Waals surface area contributed by atoms with Crippen molar-refractivity contribution in [1.29, 1.82) is 0 Å². The number of aromatic nitrogens is 1. The highest BCUT2D eigenvalue weighted by Crippen LogP contribution is 2.37. The summed E-state index contributed by atoms with van der Waals surface area (Å²) in [7, 11) is 1.58. The van der Waals surface area contributed by atoms with Crippen molar-refractivity contribution in [3.63, 3.8) is 0 Å². The lowest BCUT2D eigenvalue weighted by atomic mass is 9.98. The predicted molar refractivity (Wildman–Crippen MR) is 101 cm³/mol. The standard InChI is InChI=1S/C21H20N2O4/c1-12-9-15-16(10-13(12)2)27-20-17(19(15)24)18(14-5-4-6-22-11-14)23(21(20)25)7-8-26-3/h4-6,9-11,18H,7-8H2,1-3H3. The molecule has 6 heteroatoms. The van der Waals surface area contributed by atoms with Gasteiger partial charge in [0.05, 0.1) is 23.6 Å². The van der Waals surface area contributed by atoms with E-state index in [1.54, 1.807) is 30.5 Å². The summed E-state index contributed by atoms with van der Waals surface area (Å²) in [5.74, 6) is -0.186. The van der Waals surface area contributed by atoms with E-state index in [1.807, 2.05) is 32.0 Å². The molecule has 0 spiro atoms. The first-order valence-corrected chi connectivity index (χ1v) is 8.80. The minimum absolute atomic E-state index is 0.112. The quantitative estimate of drug-likeness (QED) is 0.712. The maximum atomic E-state index is 13.3. The molecule has 0 saturated heterocycles. The van der Waals surface area contributed by atoms with Crippen molar-refractivity contribution >= 4 is 16.9 Å². The third-order valence-corrected chi connectivity index (χ3v) is 5.12. The molecule has 6 nitrogen and oxygen atoms in total. The van der Waals surface area contributed by atoms with Crippen molar-refractivity contribution in [2.24, 2.45) is 0 Å². The number of hydrogen-bond donors (Lipinski definition) is 0. The summed E-state index contributed by atoms with van der Waals surface area (Å²) in [6, 6.07) is 6.78. The van der Waals surface area contributed by atoms with E-state index in [2.05, 4.69) is 4.98 Å². The monoisotopic (exact) mass is 364 g/mol. The molecule has 1 atom stereocenters. The number of aryl methyl sites for hydroxylation is 2. The Morgan fingerprint density at radius 1 is 1.22 bits per heavy atom. The van der Waals surface area contributed by atoms with Crippen LogP contribution in [0.2, 0.25) is 0 Å². The van der Waals surface area contributed by atoms with Crippen LogP contribution in [0, 0.1) is 13.8 Å². The Morgan fingerprint density at radius 2 is 2.00 bits per heavy atom. The van der Waals surface area contributed by atoms with Crippen LogP contribution >= 0.6 is 0 Å². The zero-order valence-electron chi connectivity index (χ0n) is 15.5. The second kappa shape index (κ2) is 6.63. The van der Waals surface area contributed by atoms with Gasteiger partial charge in [-0.15, -0.1) is 0 Å². The van der Waals surface area contributed by atoms with E-state index < -0.39 is 6.04 Å². The molecule has 3 heterocycles. The number of carbonyl (C=O) groups is 1. The van der Waals surface area contributed by atoms with E-state index in [1.165, 1.54) is 0 Å². The van der Waals surface area contributed by atoms with Gasteiger partial charge in [-0.25, -0.2) is 0 Å². The Bertz CT molecular complexity index is 1090. The van der Waals surface area contributed by atoms with E-state index in [-0.39, 0.29) is 17.1 Å². The molecular weight excluding hydrogens is 344 g/mol. The van der Waals surface area contributed by atoms with Gasteiger partial charge in [-0.2, -0.15) is 0 Å². The number of ether oxygens (including phenoxy) is 1. The van der Waals surface area contributed by atoms with E-state index in [9.17, 15) is 9.59 Å². The van der Waals surface area contributed by atoms with E-state index in [0.29, 0.717) is 29.7 Å². The average Bonchev–Trinajstić information content (AvgIpc) is 2.95. The number of methoxy groups -OCH3 is 1. The lowest BCUT2D eigenvalue weighted by Gasteiger charge is -2.24. The number of rotatable bonds is 4. The van der Waals surface area contributed by atoms with Crippen LogP contribution in [0.5, 0.6) is 0 Å².